The minimum Gasteiger partial charge on any atom is -0.396 e. The summed E-state index contributed by atoms with van der Waals surface area (Å²) in [5.41, 5.74) is 3.99. The lowest BCUT2D eigenvalue weighted by Gasteiger charge is -2.23. The van der Waals surface area contributed by atoms with Crippen LogP contribution in [-0.4, -0.2) is 24.6 Å². The molecule has 0 radical (unpaired) electrons. The van der Waals surface area contributed by atoms with Crippen molar-refractivity contribution in [2.24, 2.45) is 0 Å². The normalized spacial score (nSPS) is 18.9. The molecule has 1 aliphatic heterocycles. The van der Waals surface area contributed by atoms with Crippen LogP contribution in [0, 0.1) is 6.92 Å². The van der Waals surface area contributed by atoms with Crippen molar-refractivity contribution in [3.05, 3.63) is 34.9 Å². The lowest BCUT2D eigenvalue weighted by molar-refractivity contribution is -0.169. The Balaban J connectivity index is 1.89. The van der Waals surface area contributed by atoms with E-state index < -0.39 is 0 Å². The van der Waals surface area contributed by atoms with E-state index in [-0.39, 0.29) is 6.29 Å². The Bertz CT molecular complexity index is 411. The number of unbranched alkanes of at least 4 members (excludes halogenated alkanes) is 2. The number of rotatable bonds is 8. The molecular weight excluding hydrogens is 264 g/mol. The van der Waals surface area contributed by atoms with Crippen molar-refractivity contribution >= 4 is 0 Å². The molecule has 1 N–H and O–H groups in total. The number of benzene rings is 1. The summed E-state index contributed by atoms with van der Waals surface area (Å²) >= 11 is 0. The fourth-order valence-electron chi connectivity index (χ4n) is 2.83. The topological polar surface area (TPSA) is 38.7 Å². The van der Waals surface area contributed by atoms with Gasteiger partial charge in [0, 0.05) is 13.2 Å². The van der Waals surface area contributed by atoms with Crippen LogP contribution in [0.1, 0.15) is 55.2 Å². The Kier molecular flexibility index (Phi) is 7.20. The maximum absolute atomic E-state index is 8.86. The molecular formula is C18H28O3. The first-order chi connectivity index (χ1) is 10.3. The first-order valence-corrected chi connectivity index (χ1v) is 8.22. The van der Waals surface area contributed by atoms with Crippen molar-refractivity contribution < 1.29 is 14.6 Å². The molecule has 1 atom stereocenters. The Morgan fingerprint density at radius 3 is 2.90 bits per heavy atom. The van der Waals surface area contributed by atoms with Crippen LogP contribution in [0.15, 0.2) is 18.2 Å². The molecule has 0 aromatic heterocycles. The molecule has 1 aromatic carbocycles. The van der Waals surface area contributed by atoms with E-state index in [0.29, 0.717) is 13.2 Å². The van der Waals surface area contributed by atoms with Gasteiger partial charge in [0.25, 0.3) is 0 Å². The number of hydrogen-bond donors (Lipinski definition) is 1. The van der Waals surface area contributed by atoms with Gasteiger partial charge in [-0.1, -0.05) is 24.6 Å². The summed E-state index contributed by atoms with van der Waals surface area (Å²) in [6, 6.07) is 6.47. The zero-order chi connectivity index (χ0) is 14.9. The molecule has 0 bridgehead atoms. The molecule has 118 valence electrons. The van der Waals surface area contributed by atoms with Crippen molar-refractivity contribution in [1.29, 1.82) is 0 Å². The number of aryl methyl sites for hydroxylation is 2. The van der Waals surface area contributed by atoms with Gasteiger partial charge in [-0.05, 0) is 62.1 Å². The van der Waals surface area contributed by atoms with Crippen LogP contribution >= 0.6 is 0 Å². The Labute approximate surface area is 128 Å². The lowest BCUT2D eigenvalue weighted by Crippen LogP contribution is -2.22. The molecule has 21 heavy (non-hydrogen) atoms. The zero-order valence-corrected chi connectivity index (χ0v) is 13.1. The van der Waals surface area contributed by atoms with E-state index >= 15 is 0 Å². The van der Waals surface area contributed by atoms with Gasteiger partial charge in [0.2, 0.25) is 0 Å². The Hall–Kier alpha value is -0.900. The quantitative estimate of drug-likeness (QED) is 0.742. The highest BCUT2D eigenvalue weighted by Gasteiger charge is 2.15. The second-order valence-electron chi connectivity index (χ2n) is 5.85. The predicted molar refractivity (Wildman–Crippen MR) is 84.2 cm³/mol. The smallest absolute Gasteiger partial charge is 0.158 e. The van der Waals surface area contributed by atoms with Crippen LogP contribution in [0.25, 0.3) is 0 Å². The molecule has 1 fully saturated rings. The summed E-state index contributed by atoms with van der Waals surface area (Å²) < 4.78 is 11.6. The van der Waals surface area contributed by atoms with Crippen LogP contribution in [0.4, 0.5) is 0 Å². The van der Waals surface area contributed by atoms with E-state index in [1.54, 1.807) is 0 Å². The van der Waals surface area contributed by atoms with Crippen molar-refractivity contribution in [3.8, 4) is 0 Å². The van der Waals surface area contributed by atoms with Gasteiger partial charge in [0.05, 0.1) is 6.61 Å². The molecule has 1 heterocycles. The second kappa shape index (κ2) is 9.19. The molecule has 0 spiro atoms. The molecule has 2 rings (SSSR count). The Morgan fingerprint density at radius 1 is 1.24 bits per heavy atom. The number of hydrogen-bond acceptors (Lipinski definition) is 3. The van der Waals surface area contributed by atoms with Gasteiger partial charge in [0.15, 0.2) is 6.29 Å². The van der Waals surface area contributed by atoms with Crippen molar-refractivity contribution in [3.63, 3.8) is 0 Å². The van der Waals surface area contributed by atoms with E-state index in [0.717, 1.165) is 45.1 Å². The summed E-state index contributed by atoms with van der Waals surface area (Å²) in [4.78, 5) is 0. The van der Waals surface area contributed by atoms with E-state index in [1.807, 2.05) is 0 Å². The molecule has 1 aromatic rings. The highest BCUT2D eigenvalue weighted by molar-refractivity contribution is 5.34. The third-order valence-electron chi connectivity index (χ3n) is 4.16. The summed E-state index contributed by atoms with van der Waals surface area (Å²) in [6.45, 7) is 3.92. The van der Waals surface area contributed by atoms with E-state index in [4.69, 9.17) is 14.6 Å². The van der Waals surface area contributed by atoms with Gasteiger partial charge in [-0.25, -0.2) is 0 Å². The van der Waals surface area contributed by atoms with E-state index in [9.17, 15) is 0 Å². The van der Waals surface area contributed by atoms with Crippen LogP contribution in [0.5, 0.6) is 0 Å². The fraction of sp³-hybridized carbons (Fsp3) is 0.667. The van der Waals surface area contributed by atoms with E-state index in [2.05, 4.69) is 25.1 Å². The minimum absolute atomic E-state index is 0.0272. The summed E-state index contributed by atoms with van der Waals surface area (Å²) in [5, 5.41) is 8.86. The highest BCUT2D eigenvalue weighted by atomic mass is 16.7. The lowest BCUT2D eigenvalue weighted by atomic mass is 9.98. The summed E-state index contributed by atoms with van der Waals surface area (Å²) in [7, 11) is 0. The van der Waals surface area contributed by atoms with E-state index in [1.165, 1.54) is 23.1 Å². The Morgan fingerprint density at radius 2 is 2.14 bits per heavy atom. The molecule has 0 saturated carbocycles. The van der Waals surface area contributed by atoms with Gasteiger partial charge >= 0.3 is 0 Å². The first-order valence-electron chi connectivity index (χ1n) is 8.22. The third kappa shape index (κ3) is 5.42. The average molecular weight is 292 g/mol. The number of aliphatic hydroxyl groups is 1. The summed E-state index contributed by atoms with van der Waals surface area (Å²) in [6.07, 6.45) is 7.50. The number of ether oxygens (including phenoxy) is 2. The van der Waals surface area contributed by atoms with Gasteiger partial charge in [-0.15, -0.1) is 0 Å². The van der Waals surface area contributed by atoms with Gasteiger partial charge in [-0.3, -0.25) is 0 Å². The van der Waals surface area contributed by atoms with Crippen LogP contribution in [0.2, 0.25) is 0 Å². The molecule has 1 saturated heterocycles. The largest absolute Gasteiger partial charge is 0.396 e. The fourth-order valence-corrected chi connectivity index (χ4v) is 2.83. The molecule has 3 heteroatoms. The third-order valence-corrected chi connectivity index (χ3v) is 4.16. The monoisotopic (exact) mass is 292 g/mol. The maximum atomic E-state index is 8.86. The zero-order valence-electron chi connectivity index (χ0n) is 13.1. The number of aliphatic hydroxyl groups excluding tert-OH is 1. The van der Waals surface area contributed by atoms with Crippen LogP contribution in [-0.2, 0) is 22.5 Å². The molecule has 0 aliphatic carbocycles. The highest BCUT2D eigenvalue weighted by Crippen LogP contribution is 2.21. The van der Waals surface area contributed by atoms with Gasteiger partial charge < -0.3 is 14.6 Å². The second-order valence-corrected chi connectivity index (χ2v) is 5.85. The summed E-state index contributed by atoms with van der Waals surface area (Å²) in [5.74, 6) is 0. The van der Waals surface area contributed by atoms with Crippen molar-refractivity contribution in [2.45, 2.75) is 64.8 Å². The minimum atomic E-state index is -0.0272. The van der Waals surface area contributed by atoms with Crippen molar-refractivity contribution in [2.75, 3.05) is 13.2 Å². The predicted octanol–water partition coefficient (Wildman–Crippen LogP) is 3.74. The SMILES string of the molecule is Cc1cccc(CCCCCO)c1CO[C@H]1CCCCO1. The average Bonchev–Trinajstić information content (AvgIpc) is 2.52. The van der Waals surface area contributed by atoms with Crippen LogP contribution < -0.4 is 0 Å². The first kappa shape index (κ1) is 16.5. The molecule has 0 amide bonds. The van der Waals surface area contributed by atoms with Gasteiger partial charge in [0.1, 0.15) is 0 Å². The standard InChI is InChI=1S/C18H28O3/c1-15-8-7-10-16(9-3-2-5-12-19)17(15)14-21-18-11-4-6-13-20-18/h7-8,10,18-19H,2-6,9,11-14H2,1H3/t18-/m0/s1. The maximum Gasteiger partial charge on any atom is 0.158 e. The van der Waals surface area contributed by atoms with Crippen molar-refractivity contribution in [1.82, 2.24) is 0 Å². The molecule has 1 aliphatic rings. The molecule has 3 nitrogen and oxygen atoms in total. The van der Waals surface area contributed by atoms with Crippen LogP contribution in [0.3, 0.4) is 0 Å². The molecule has 0 unspecified atom stereocenters. The van der Waals surface area contributed by atoms with Gasteiger partial charge in [-0.2, -0.15) is 0 Å².